The van der Waals surface area contributed by atoms with Gasteiger partial charge in [0.05, 0.1) is 35.3 Å². The standard InChI is InChI=1S/C24H30BrClN2O6/c1-2-33-23(32)17-18-22(31)28(11-7-3-4-8-12-29)20(24(18)13-14(25)19(17)34-24)21(30)27-16-10-6-5-9-15(16)26/h5-6,9-10,14,17-20,29H,2-4,7-8,11-13H2,1H3,(H,27,30)/t14?,17-,18-,19-,20?,24?/m0/s1. The Labute approximate surface area is 212 Å². The number of hydrogen-bond acceptors (Lipinski definition) is 6. The SMILES string of the molecule is CCOC(=O)[C@H]1[C@H]2C(=O)N(CCCCCCO)C(C(=O)Nc3ccccc3Cl)C23CC(Br)[C@@H]1O3. The maximum atomic E-state index is 13.7. The maximum absolute atomic E-state index is 13.7. The van der Waals surface area contributed by atoms with Crippen molar-refractivity contribution in [3.05, 3.63) is 29.3 Å². The van der Waals surface area contributed by atoms with Gasteiger partial charge in [0.2, 0.25) is 11.8 Å². The van der Waals surface area contributed by atoms with Crippen molar-refractivity contribution in [2.45, 2.75) is 61.6 Å². The number of fused-ring (bicyclic) bond motifs is 1. The van der Waals surface area contributed by atoms with Crippen molar-refractivity contribution < 1.29 is 29.0 Å². The molecule has 10 heteroatoms. The van der Waals surface area contributed by atoms with Crippen LogP contribution in [0.5, 0.6) is 0 Å². The highest BCUT2D eigenvalue weighted by Crippen LogP contribution is 2.60. The molecule has 1 spiro atoms. The number of aliphatic hydroxyl groups is 1. The Morgan fingerprint density at radius 2 is 2.03 bits per heavy atom. The van der Waals surface area contributed by atoms with E-state index in [4.69, 9.17) is 26.2 Å². The first kappa shape index (κ1) is 25.4. The summed E-state index contributed by atoms with van der Waals surface area (Å²) in [7, 11) is 0. The Morgan fingerprint density at radius 1 is 1.29 bits per heavy atom. The molecule has 0 saturated carbocycles. The molecule has 2 amide bonds. The molecule has 1 aromatic carbocycles. The molecule has 186 valence electrons. The lowest BCUT2D eigenvalue weighted by Crippen LogP contribution is -2.54. The van der Waals surface area contributed by atoms with Crippen LogP contribution in [-0.4, -0.2) is 70.1 Å². The summed E-state index contributed by atoms with van der Waals surface area (Å²) in [6.45, 7) is 2.41. The van der Waals surface area contributed by atoms with E-state index >= 15 is 0 Å². The number of halogens is 2. The van der Waals surface area contributed by atoms with E-state index in [1.807, 2.05) is 0 Å². The summed E-state index contributed by atoms with van der Waals surface area (Å²) in [4.78, 5) is 41.7. The summed E-state index contributed by atoms with van der Waals surface area (Å²) in [5.41, 5.74) is -0.668. The minimum Gasteiger partial charge on any atom is -0.466 e. The lowest BCUT2D eigenvalue weighted by atomic mass is 9.70. The van der Waals surface area contributed by atoms with Gasteiger partial charge in [-0.25, -0.2) is 0 Å². The first-order valence-corrected chi connectivity index (χ1v) is 13.1. The van der Waals surface area contributed by atoms with Gasteiger partial charge in [-0.2, -0.15) is 0 Å². The van der Waals surface area contributed by atoms with Crippen molar-refractivity contribution in [1.29, 1.82) is 0 Å². The summed E-state index contributed by atoms with van der Waals surface area (Å²) in [6, 6.07) is 6.02. The van der Waals surface area contributed by atoms with Gasteiger partial charge in [0, 0.05) is 18.0 Å². The average molecular weight is 558 g/mol. The van der Waals surface area contributed by atoms with Gasteiger partial charge in [-0.05, 0) is 38.3 Å². The molecule has 34 heavy (non-hydrogen) atoms. The lowest BCUT2D eigenvalue weighted by molar-refractivity contribution is -0.154. The van der Waals surface area contributed by atoms with Gasteiger partial charge in [-0.3, -0.25) is 14.4 Å². The number of aliphatic hydroxyl groups excluding tert-OH is 1. The Morgan fingerprint density at radius 3 is 2.74 bits per heavy atom. The van der Waals surface area contributed by atoms with E-state index in [1.54, 1.807) is 36.1 Å². The van der Waals surface area contributed by atoms with E-state index in [1.165, 1.54) is 0 Å². The number of benzene rings is 1. The number of para-hydroxylation sites is 1. The van der Waals surface area contributed by atoms with E-state index in [2.05, 4.69) is 21.2 Å². The molecular formula is C24H30BrClN2O6. The van der Waals surface area contributed by atoms with Gasteiger partial charge < -0.3 is 24.8 Å². The van der Waals surface area contributed by atoms with Crippen LogP contribution in [0.4, 0.5) is 5.69 Å². The van der Waals surface area contributed by atoms with Crippen LogP contribution in [0.1, 0.15) is 39.0 Å². The van der Waals surface area contributed by atoms with E-state index < -0.39 is 35.6 Å². The number of unbranched alkanes of at least 4 members (excludes halogenated alkanes) is 3. The van der Waals surface area contributed by atoms with E-state index in [-0.39, 0.29) is 29.9 Å². The van der Waals surface area contributed by atoms with Gasteiger partial charge in [0.15, 0.2) is 0 Å². The number of rotatable bonds is 10. The normalized spacial score (nSPS) is 31.6. The summed E-state index contributed by atoms with van der Waals surface area (Å²) >= 11 is 9.89. The van der Waals surface area contributed by atoms with Crippen LogP contribution in [0.15, 0.2) is 24.3 Å². The zero-order valence-electron chi connectivity index (χ0n) is 19.0. The Hall–Kier alpha value is -1.68. The van der Waals surface area contributed by atoms with Crippen molar-refractivity contribution in [1.82, 2.24) is 4.90 Å². The second-order valence-corrected chi connectivity index (χ2v) is 10.6. The fourth-order valence-electron chi connectivity index (χ4n) is 5.69. The third-order valence-electron chi connectivity index (χ3n) is 7.04. The van der Waals surface area contributed by atoms with Crippen LogP contribution >= 0.6 is 27.5 Å². The van der Waals surface area contributed by atoms with Crippen LogP contribution in [0, 0.1) is 11.8 Å². The summed E-state index contributed by atoms with van der Waals surface area (Å²) in [5.74, 6) is -2.64. The highest BCUT2D eigenvalue weighted by molar-refractivity contribution is 9.09. The number of carbonyl (C=O) groups excluding carboxylic acids is 3. The molecule has 3 aliphatic rings. The minimum atomic E-state index is -1.12. The molecule has 1 aromatic rings. The van der Waals surface area contributed by atoms with Crippen molar-refractivity contribution in [2.24, 2.45) is 11.8 Å². The van der Waals surface area contributed by atoms with Crippen LogP contribution < -0.4 is 5.32 Å². The Bertz CT molecular complexity index is 948. The van der Waals surface area contributed by atoms with Crippen LogP contribution in [0.25, 0.3) is 0 Å². The number of amides is 2. The Balaban J connectivity index is 1.65. The van der Waals surface area contributed by atoms with Crippen molar-refractivity contribution in [3.8, 4) is 0 Å². The molecule has 4 rings (SSSR count). The summed E-state index contributed by atoms with van der Waals surface area (Å²) in [6.07, 6.45) is 2.92. The van der Waals surface area contributed by atoms with E-state index in [0.717, 1.165) is 12.8 Å². The molecule has 3 fully saturated rings. The fraction of sp³-hybridized carbons (Fsp3) is 0.625. The number of ether oxygens (including phenoxy) is 2. The zero-order valence-corrected chi connectivity index (χ0v) is 21.4. The van der Waals surface area contributed by atoms with E-state index in [9.17, 15) is 14.4 Å². The minimum absolute atomic E-state index is 0.125. The predicted molar refractivity (Wildman–Crippen MR) is 130 cm³/mol. The van der Waals surface area contributed by atoms with Gasteiger partial charge >= 0.3 is 5.97 Å². The number of likely N-dealkylation sites (tertiary alicyclic amines) is 1. The molecule has 0 radical (unpaired) electrons. The number of nitrogens with zero attached hydrogens (tertiary/aromatic N) is 1. The molecule has 0 aliphatic carbocycles. The highest BCUT2D eigenvalue weighted by Gasteiger charge is 2.76. The Kier molecular flexibility index (Phi) is 7.86. The first-order valence-electron chi connectivity index (χ1n) is 11.8. The summed E-state index contributed by atoms with van der Waals surface area (Å²) < 4.78 is 11.7. The maximum Gasteiger partial charge on any atom is 0.312 e. The van der Waals surface area contributed by atoms with Crippen molar-refractivity contribution >= 4 is 51.0 Å². The van der Waals surface area contributed by atoms with Crippen molar-refractivity contribution in [2.75, 3.05) is 25.1 Å². The molecule has 6 atom stereocenters. The van der Waals surface area contributed by atoms with Gasteiger partial charge in [0.1, 0.15) is 11.6 Å². The molecule has 0 aromatic heterocycles. The van der Waals surface area contributed by atoms with Crippen LogP contribution in [-0.2, 0) is 23.9 Å². The number of hydrogen-bond donors (Lipinski definition) is 2. The molecular weight excluding hydrogens is 528 g/mol. The fourth-order valence-corrected chi connectivity index (χ4v) is 6.82. The zero-order chi connectivity index (χ0) is 24.5. The van der Waals surface area contributed by atoms with Crippen LogP contribution in [0.3, 0.4) is 0 Å². The molecule has 3 unspecified atom stereocenters. The smallest absolute Gasteiger partial charge is 0.312 e. The topological polar surface area (TPSA) is 105 Å². The third kappa shape index (κ3) is 4.36. The number of anilines is 1. The average Bonchev–Trinajstić information content (AvgIpc) is 3.39. The molecule has 3 saturated heterocycles. The van der Waals surface area contributed by atoms with Gasteiger partial charge in [-0.15, -0.1) is 0 Å². The number of esters is 1. The van der Waals surface area contributed by atoms with E-state index in [0.29, 0.717) is 36.5 Å². The van der Waals surface area contributed by atoms with Crippen LogP contribution in [0.2, 0.25) is 5.02 Å². The molecule has 8 nitrogen and oxygen atoms in total. The molecule has 2 bridgehead atoms. The van der Waals surface area contributed by atoms with Gasteiger partial charge in [0.25, 0.3) is 0 Å². The number of alkyl halides is 1. The molecule has 3 heterocycles. The largest absolute Gasteiger partial charge is 0.466 e. The molecule has 3 aliphatic heterocycles. The number of nitrogens with one attached hydrogen (secondary N) is 1. The van der Waals surface area contributed by atoms with Crippen molar-refractivity contribution in [3.63, 3.8) is 0 Å². The first-order chi connectivity index (χ1) is 16.4. The quantitative estimate of drug-likeness (QED) is 0.260. The predicted octanol–water partition coefficient (Wildman–Crippen LogP) is 3.14. The third-order valence-corrected chi connectivity index (χ3v) is 8.21. The second-order valence-electron chi connectivity index (χ2n) is 9.05. The summed E-state index contributed by atoms with van der Waals surface area (Å²) in [5, 5.41) is 12.3. The monoisotopic (exact) mass is 556 g/mol. The second kappa shape index (κ2) is 10.5. The lowest BCUT2D eigenvalue weighted by Gasteiger charge is -2.34. The molecule has 2 N–H and O–H groups in total. The highest BCUT2D eigenvalue weighted by atomic mass is 79.9. The number of carbonyl (C=O) groups is 3. The van der Waals surface area contributed by atoms with Gasteiger partial charge in [-0.1, -0.05) is 52.5 Å².